The molecular weight excluding hydrogens is 350 g/mol. The summed E-state index contributed by atoms with van der Waals surface area (Å²) in [5, 5.41) is 12.7. The topological polar surface area (TPSA) is 114 Å². The van der Waals surface area contributed by atoms with Gasteiger partial charge in [-0.05, 0) is 25.0 Å². The third-order valence-corrected chi connectivity index (χ3v) is 4.80. The third kappa shape index (κ3) is 4.05. The number of hydrogen-bond acceptors (Lipinski definition) is 6. The fraction of sp³-hybridized carbons (Fsp3) is 0.421. The molecule has 1 amide bonds. The Bertz CT molecular complexity index is 887. The van der Waals surface area contributed by atoms with E-state index in [1.165, 1.54) is 7.11 Å². The number of aromatic amines is 1. The van der Waals surface area contributed by atoms with Crippen LogP contribution < -0.4 is 20.3 Å². The van der Waals surface area contributed by atoms with Crippen LogP contribution in [0.5, 0.6) is 17.2 Å². The van der Waals surface area contributed by atoms with Gasteiger partial charge in [-0.15, -0.1) is 0 Å². The molecule has 2 aromatic rings. The molecule has 27 heavy (non-hydrogen) atoms. The summed E-state index contributed by atoms with van der Waals surface area (Å²) in [6.07, 6.45) is 3.96. The van der Waals surface area contributed by atoms with Gasteiger partial charge in [0.05, 0.1) is 14.2 Å². The average molecular weight is 373 g/mol. The van der Waals surface area contributed by atoms with E-state index in [1.807, 2.05) is 0 Å². The van der Waals surface area contributed by atoms with Crippen LogP contribution in [0.3, 0.4) is 0 Å². The predicted molar refractivity (Wildman–Crippen MR) is 98.4 cm³/mol. The Labute approximate surface area is 156 Å². The summed E-state index contributed by atoms with van der Waals surface area (Å²) in [7, 11) is 3.08. The number of aromatic hydroxyl groups is 1. The number of amides is 1. The first kappa shape index (κ1) is 18.8. The van der Waals surface area contributed by atoms with Gasteiger partial charge in [0.2, 0.25) is 5.75 Å². The number of ether oxygens (including phenoxy) is 2. The second-order valence-electron chi connectivity index (χ2n) is 6.49. The van der Waals surface area contributed by atoms with Crippen LogP contribution >= 0.6 is 0 Å². The van der Waals surface area contributed by atoms with Crippen molar-refractivity contribution in [1.29, 1.82) is 0 Å². The smallest absolute Gasteiger partial charge is 0.293 e. The number of carbonyl (C=O) groups is 1. The molecule has 1 fully saturated rings. The zero-order chi connectivity index (χ0) is 19.4. The summed E-state index contributed by atoms with van der Waals surface area (Å²) in [5.41, 5.74) is -0.223. The Balaban J connectivity index is 1.79. The van der Waals surface area contributed by atoms with Crippen LogP contribution in [0.4, 0.5) is 0 Å². The molecule has 3 rings (SSSR count). The standard InChI is InChI=1S/C19H23N3O5/c1-26-13-8-7-12(14(9-13)27-2)10-20-18(24)15-16(23)19(25)22-17(21-15)11-5-3-4-6-11/h7-9,11,23H,3-6,10H2,1-2H3,(H,20,24)(H,21,22,25). The molecule has 8 heteroatoms. The highest BCUT2D eigenvalue weighted by Crippen LogP contribution is 2.32. The van der Waals surface area contributed by atoms with Crippen molar-refractivity contribution in [3.8, 4) is 17.2 Å². The Hall–Kier alpha value is -3.03. The van der Waals surface area contributed by atoms with Gasteiger partial charge in [-0.2, -0.15) is 0 Å². The molecule has 0 bridgehead atoms. The fourth-order valence-corrected chi connectivity index (χ4v) is 3.29. The molecule has 1 heterocycles. The van der Waals surface area contributed by atoms with E-state index >= 15 is 0 Å². The van der Waals surface area contributed by atoms with Crippen molar-refractivity contribution in [2.45, 2.75) is 38.1 Å². The lowest BCUT2D eigenvalue weighted by atomic mass is 10.1. The fourth-order valence-electron chi connectivity index (χ4n) is 3.29. The highest BCUT2D eigenvalue weighted by Gasteiger charge is 2.24. The molecule has 0 atom stereocenters. The minimum absolute atomic E-state index is 0.117. The summed E-state index contributed by atoms with van der Waals surface area (Å²) < 4.78 is 10.5. The Morgan fingerprint density at radius 2 is 2.04 bits per heavy atom. The number of hydrogen-bond donors (Lipinski definition) is 3. The van der Waals surface area contributed by atoms with Crippen LogP contribution in [0.1, 0.15) is 53.5 Å². The number of nitrogens with zero attached hydrogens (tertiary/aromatic N) is 1. The summed E-state index contributed by atoms with van der Waals surface area (Å²) in [5.74, 6) is 0.488. The van der Waals surface area contributed by atoms with Gasteiger partial charge in [-0.3, -0.25) is 9.59 Å². The van der Waals surface area contributed by atoms with Crippen molar-refractivity contribution in [3.63, 3.8) is 0 Å². The van der Waals surface area contributed by atoms with E-state index in [1.54, 1.807) is 25.3 Å². The maximum atomic E-state index is 12.5. The van der Waals surface area contributed by atoms with Gasteiger partial charge in [-0.1, -0.05) is 12.8 Å². The van der Waals surface area contributed by atoms with Crippen molar-refractivity contribution in [2.24, 2.45) is 0 Å². The van der Waals surface area contributed by atoms with E-state index in [9.17, 15) is 14.7 Å². The molecular formula is C19H23N3O5. The number of nitrogens with one attached hydrogen (secondary N) is 2. The van der Waals surface area contributed by atoms with Crippen molar-refractivity contribution < 1.29 is 19.4 Å². The van der Waals surface area contributed by atoms with Gasteiger partial charge >= 0.3 is 0 Å². The molecule has 0 aliphatic heterocycles. The van der Waals surface area contributed by atoms with Crippen LogP contribution in [0.25, 0.3) is 0 Å². The molecule has 144 valence electrons. The van der Waals surface area contributed by atoms with E-state index in [4.69, 9.17) is 9.47 Å². The van der Waals surface area contributed by atoms with E-state index in [0.717, 1.165) is 31.2 Å². The molecule has 8 nitrogen and oxygen atoms in total. The van der Waals surface area contributed by atoms with Gasteiger partial charge < -0.3 is 24.9 Å². The predicted octanol–water partition coefficient (Wildman–Crippen LogP) is 2.08. The quantitative estimate of drug-likeness (QED) is 0.714. The number of aromatic nitrogens is 2. The first-order valence-corrected chi connectivity index (χ1v) is 8.85. The molecule has 1 aromatic heterocycles. The highest BCUT2D eigenvalue weighted by molar-refractivity contribution is 5.94. The highest BCUT2D eigenvalue weighted by atomic mass is 16.5. The largest absolute Gasteiger partial charge is 0.501 e. The number of rotatable bonds is 6. The maximum absolute atomic E-state index is 12.5. The van der Waals surface area contributed by atoms with Crippen molar-refractivity contribution in [1.82, 2.24) is 15.3 Å². The molecule has 0 radical (unpaired) electrons. The molecule has 0 spiro atoms. The van der Waals surface area contributed by atoms with Crippen molar-refractivity contribution in [3.05, 3.63) is 45.6 Å². The van der Waals surface area contributed by atoms with Crippen LogP contribution in [-0.4, -0.2) is 35.2 Å². The average Bonchev–Trinajstić information content (AvgIpc) is 3.22. The first-order valence-electron chi connectivity index (χ1n) is 8.85. The zero-order valence-corrected chi connectivity index (χ0v) is 15.4. The summed E-state index contributed by atoms with van der Waals surface area (Å²) >= 11 is 0. The maximum Gasteiger partial charge on any atom is 0.293 e. The number of methoxy groups -OCH3 is 2. The Kier molecular flexibility index (Phi) is 5.63. The lowest BCUT2D eigenvalue weighted by Gasteiger charge is -2.13. The van der Waals surface area contributed by atoms with Crippen molar-refractivity contribution in [2.75, 3.05) is 14.2 Å². The third-order valence-electron chi connectivity index (χ3n) is 4.80. The zero-order valence-electron chi connectivity index (χ0n) is 15.4. The van der Waals surface area contributed by atoms with Gasteiger partial charge in [0.15, 0.2) is 5.69 Å². The molecule has 1 aromatic carbocycles. The molecule has 1 aliphatic rings. The van der Waals surface area contributed by atoms with Gasteiger partial charge in [0.25, 0.3) is 11.5 Å². The van der Waals surface area contributed by atoms with Gasteiger partial charge in [-0.25, -0.2) is 4.98 Å². The summed E-state index contributed by atoms with van der Waals surface area (Å²) in [4.78, 5) is 31.4. The van der Waals surface area contributed by atoms with Crippen molar-refractivity contribution >= 4 is 5.91 Å². The lowest BCUT2D eigenvalue weighted by molar-refractivity contribution is 0.0941. The SMILES string of the molecule is COc1ccc(CNC(=O)c2nc(C3CCCC3)[nH]c(=O)c2O)c(OC)c1. The Morgan fingerprint density at radius 1 is 1.30 bits per heavy atom. The molecule has 1 aliphatic carbocycles. The minimum Gasteiger partial charge on any atom is -0.501 e. The molecule has 3 N–H and O–H groups in total. The number of benzene rings is 1. The van der Waals surface area contributed by atoms with Crippen LogP contribution in [-0.2, 0) is 6.54 Å². The van der Waals surface area contributed by atoms with E-state index in [2.05, 4.69) is 15.3 Å². The van der Waals surface area contributed by atoms with E-state index < -0.39 is 17.2 Å². The van der Waals surface area contributed by atoms with E-state index in [-0.39, 0.29) is 18.2 Å². The summed E-state index contributed by atoms with van der Waals surface area (Å²) in [6, 6.07) is 5.24. The minimum atomic E-state index is -0.695. The van der Waals surface area contributed by atoms with Gasteiger partial charge in [0.1, 0.15) is 17.3 Å². The number of carbonyl (C=O) groups excluding carboxylic acids is 1. The summed E-state index contributed by atoms with van der Waals surface area (Å²) in [6.45, 7) is 0.151. The second-order valence-corrected chi connectivity index (χ2v) is 6.49. The van der Waals surface area contributed by atoms with Crippen LogP contribution in [0.15, 0.2) is 23.0 Å². The normalized spacial score (nSPS) is 14.1. The van der Waals surface area contributed by atoms with E-state index in [0.29, 0.717) is 17.3 Å². The monoisotopic (exact) mass is 373 g/mol. The second kappa shape index (κ2) is 8.11. The van der Waals surface area contributed by atoms with Gasteiger partial charge in [0, 0.05) is 24.1 Å². The Morgan fingerprint density at radius 3 is 2.70 bits per heavy atom. The molecule has 0 saturated heterocycles. The molecule has 1 saturated carbocycles. The van der Waals surface area contributed by atoms with Crippen LogP contribution in [0.2, 0.25) is 0 Å². The molecule has 0 unspecified atom stereocenters. The number of H-pyrrole nitrogens is 1. The first-order chi connectivity index (χ1) is 13.0. The lowest BCUT2D eigenvalue weighted by Crippen LogP contribution is -2.27. The van der Waals surface area contributed by atoms with Crippen LogP contribution in [0, 0.1) is 0 Å².